The van der Waals surface area contributed by atoms with E-state index in [1.807, 2.05) is 0 Å². The zero-order valence-electron chi connectivity index (χ0n) is 10.3. The van der Waals surface area contributed by atoms with Crippen molar-refractivity contribution in [3.05, 3.63) is 24.2 Å². The van der Waals surface area contributed by atoms with Crippen LogP contribution in [0.4, 0.5) is 0 Å². The number of nitrogens with one attached hydrogen (secondary N) is 1. The molecule has 0 bridgehead atoms. The van der Waals surface area contributed by atoms with E-state index < -0.39 is 5.91 Å². The lowest BCUT2D eigenvalue weighted by atomic mass is 10.1. The number of hydrogen-bond donors (Lipinski definition) is 2. The van der Waals surface area contributed by atoms with Gasteiger partial charge in [0.15, 0.2) is 0 Å². The molecule has 2 rings (SSSR count). The molecule has 104 valence electrons. The Labute approximate surface area is 110 Å². The number of ether oxygens (including phenoxy) is 2. The highest BCUT2D eigenvalue weighted by molar-refractivity contribution is 5.94. The molecule has 7 heteroatoms. The first kappa shape index (κ1) is 13.6. The van der Waals surface area contributed by atoms with Crippen molar-refractivity contribution in [2.75, 3.05) is 19.8 Å². The molecule has 19 heavy (non-hydrogen) atoms. The SMILES string of the molecule is NC(=O)CO[C@H]1CCOC[C@H]1NC(=O)c1ccoc1. The maximum atomic E-state index is 11.9. The van der Waals surface area contributed by atoms with Crippen LogP contribution in [0.25, 0.3) is 0 Å². The van der Waals surface area contributed by atoms with Crippen molar-refractivity contribution in [3.8, 4) is 0 Å². The van der Waals surface area contributed by atoms with Crippen molar-refractivity contribution in [3.63, 3.8) is 0 Å². The lowest BCUT2D eigenvalue weighted by molar-refractivity contribution is -0.128. The summed E-state index contributed by atoms with van der Waals surface area (Å²) < 4.78 is 15.5. The molecule has 1 saturated heterocycles. The third-order valence-corrected chi connectivity index (χ3v) is 2.83. The minimum atomic E-state index is -0.536. The predicted octanol–water partition coefficient (Wildman–Crippen LogP) is -0.331. The van der Waals surface area contributed by atoms with Crippen LogP contribution in [0.3, 0.4) is 0 Å². The summed E-state index contributed by atoms with van der Waals surface area (Å²) in [7, 11) is 0. The Balaban J connectivity index is 1.91. The first-order valence-corrected chi connectivity index (χ1v) is 5.97. The summed E-state index contributed by atoms with van der Waals surface area (Å²) in [5.41, 5.74) is 5.47. The zero-order chi connectivity index (χ0) is 13.7. The van der Waals surface area contributed by atoms with E-state index >= 15 is 0 Å². The number of carbonyl (C=O) groups is 2. The molecule has 2 atom stereocenters. The lowest BCUT2D eigenvalue weighted by Crippen LogP contribution is -2.51. The largest absolute Gasteiger partial charge is 0.472 e. The van der Waals surface area contributed by atoms with E-state index in [1.54, 1.807) is 6.07 Å². The van der Waals surface area contributed by atoms with Gasteiger partial charge in [0, 0.05) is 6.61 Å². The molecule has 0 saturated carbocycles. The summed E-state index contributed by atoms with van der Waals surface area (Å²) in [6, 6.07) is 1.26. The summed E-state index contributed by atoms with van der Waals surface area (Å²) in [6.45, 7) is 0.706. The van der Waals surface area contributed by atoms with Crippen LogP contribution in [0.5, 0.6) is 0 Å². The number of carbonyl (C=O) groups excluding carboxylic acids is 2. The molecule has 0 radical (unpaired) electrons. The molecule has 2 heterocycles. The fraction of sp³-hybridized carbons (Fsp3) is 0.500. The van der Waals surface area contributed by atoms with Gasteiger partial charge in [0.05, 0.1) is 30.6 Å². The predicted molar refractivity (Wildman–Crippen MR) is 64.3 cm³/mol. The van der Waals surface area contributed by atoms with Crippen molar-refractivity contribution in [2.45, 2.75) is 18.6 Å². The van der Waals surface area contributed by atoms with Gasteiger partial charge in [0.25, 0.3) is 5.91 Å². The van der Waals surface area contributed by atoms with Gasteiger partial charge >= 0.3 is 0 Å². The average molecular weight is 268 g/mol. The molecule has 1 fully saturated rings. The Bertz CT molecular complexity index is 431. The van der Waals surface area contributed by atoms with Gasteiger partial charge in [-0.25, -0.2) is 0 Å². The molecule has 3 N–H and O–H groups in total. The molecule has 1 aliphatic heterocycles. The summed E-state index contributed by atoms with van der Waals surface area (Å²) in [4.78, 5) is 22.6. The molecule has 0 aromatic carbocycles. The molecule has 0 unspecified atom stereocenters. The minimum Gasteiger partial charge on any atom is -0.472 e. The van der Waals surface area contributed by atoms with Crippen molar-refractivity contribution in [1.82, 2.24) is 5.32 Å². The van der Waals surface area contributed by atoms with Crippen LogP contribution in [0, 0.1) is 0 Å². The van der Waals surface area contributed by atoms with Crippen LogP contribution in [0.1, 0.15) is 16.8 Å². The summed E-state index contributed by atoms with van der Waals surface area (Å²) >= 11 is 0. The van der Waals surface area contributed by atoms with Gasteiger partial charge < -0.3 is 24.9 Å². The van der Waals surface area contributed by atoms with Gasteiger partial charge in [-0.15, -0.1) is 0 Å². The molecule has 0 spiro atoms. The Morgan fingerprint density at radius 2 is 2.37 bits per heavy atom. The smallest absolute Gasteiger partial charge is 0.254 e. The van der Waals surface area contributed by atoms with E-state index in [2.05, 4.69) is 5.32 Å². The van der Waals surface area contributed by atoms with Gasteiger partial charge in [-0.2, -0.15) is 0 Å². The van der Waals surface area contributed by atoms with E-state index in [4.69, 9.17) is 19.6 Å². The highest BCUT2D eigenvalue weighted by Gasteiger charge is 2.28. The highest BCUT2D eigenvalue weighted by Crippen LogP contribution is 2.13. The second-order valence-electron chi connectivity index (χ2n) is 4.27. The quantitative estimate of drug-likeness (QED) is 0.761. The van der Waals surface area contributed by atoms with E-state index in [1.165, 1.54) is 12.5 Å². The van der Waals surface area contributed by atoms with E-state index in [0.717, 1.165) is 0 Å². The number of furan rings is 1. The molecular formula is C12H16N2O5. The first-order chi connectivity index (χ1) is 9.16. The van der Waals surface area contributed by atoms with Crippen LogP contribution in [-0.4, -0.2) is 43.8 Å². The maximum absolute atomic E-state index is 11.9. The van der Waals surface area contributed by atoms with Gasteiger partial charge in [0.1, 0.15) is 12.9 Å². The second kappa shape index (κ2) is 6.35. The molecule has 1 aromatic rings. The third kappa shape index (κ3) is 3.80. The van der Waals surface area contributed by atoms with E-state index in [-0.39, 0.29) is 24.7 Å². The molecule has 0 aliphatic carbocycles. The highest BCUT2D eigenvalue weighted by atomic mass is 16.5. The molecule has 1 aromatic heterocycles. The van der Waals surface area contributed by atoms with Crippen molar-refractivity contribution in [1.29, 1.82) is 0 Å². The number of hydrogen-bond acceptors (Lipinski definition) is 5. The summed E-state index contributed by atoms with van der Waals surface area (Å²) in [5.74, 6) is -0.802. The van der Waals surface area contributed by atoms with Gasteiger partial charge in [-0.1, -0.05) is 0 Å². The van der Waals surface area contributed by atoms with Crippen LogP contribution >= 0.6 is 0 Å². The first-order valence-electron chi connectivity index (χ1n) is 5.97. The molecule has 2 amide bonds. The van der Waals surface area contributed by atoms with Crippen molar-refractivity contribution in [2.24, 2.45) is 5.73 Å². The Kier molecular flexibility index (Phi) is 4.53. The van der Waals surface area contributed by atoms with Crippen LogP contribution in [-0.2, 0) is 14.3 Å². The molecular weight excluding hydrogens is 252 g/mol. The average Bonchev–Trinajstić information content (AvgIpc) is 2.91. The topological polar surface area (TPSA) is 104 Å². The number of rotatable bonds is 5. The van der Waals surface area contributed by atoms with Gasteiger partial charge in [-0.3, -0.25) is 9.59 Å². The molecule has 7 nitrogen and oxygen atoms in total. The summed E-state index contributed by atoms with van der Waals surface area (Å²) in [6.07, 6.45) is 3.10. The Hall–Kier alpha value is -1.86. The van der Waals surface area contributed by atoms with E-state index in [0.29, 0.717) is 25.2 Å². The fourth-order valence-electron chi connectivity index (χ4n) is 1.89. The normalized spacial score (nSPS) is 22.9. The van der Waals surface area contributed by atoms with Crippen LogP contribution in [0.15, 0.2) is 23.0 Å². The van der Waals surface area contributed by atoms with Crippen LogP contribution in [0.2, 0.25) is 0 Å². The molecule has 1 aliphatic rings. The second-order valence-corrected chi connectivity index (χ2v) is 4.27. The summed E-state index contributed by atoms with van der Waals surface area (Å²) in [5, 5.41) is 2.79. The monoisotopic (exact) mass is 268 g/mol. The zero-order valence-corrected chi connectivity index (χ0v) is 10.3. The third-order valence-electron chi connectivity index (χ3n) is 2.83. The lowest BCUT2D eigenvalue weighted by Gasteiger charge is -2.31. The maximum Gasteiger partial charge on any atom is 0.254 e. The number of primary amides is 1. The van der Waals surface area contributed by atoms with E-state index in [9.17, 15) is 9.59 Å². The van der Waals surface area contributed by atoms with Crippen molar-refractivity contribution < 1.29 is 23.5 Å². The number of amides is 2. The minimum absolute atomic E-state index is 0.164. The standard InChI is InChI=1S/C12H16N2O5/c13-11(15)7-19-10-2-4-18-6-9(10)14-12(16)8-1-3-17-5-8/h1,3,5,9-10H,2,4,6-7H2,(H2,13,15)(H,14,16)/t9-,10+/m1/s1. The fourth-order valence-corrected chi connectivity index (χ4v) is 1.89. The van der Waals surface area contributed by atoms with Gasteiger partial charge in [-0.05, 0) is 12.5 Å². The number of nitrogens with two attached hydrogens (primary N) is 1. The Morgan fingerprint density at radius 1 is 1.53 bits per heavy atom. The van der Waals surface area contributed by atoms with Crippen LogP contribution < -0.4 is 11.1 Å². The van der Waals surface area contributed by atoms with Crippen molar-refractivity contribution >= 4 is 11.8 Å². The van der Waals surface area contributed by atoms with Gasteiger partial charge in [0.2, 0.25) is 5.91 Å². The Morgan fingerprint density at radius 3 is 3.05 bits per heavy atom.